The first kappa shape index (κ1) is 25.4. The van der Waals surface area contributed by atoms with Crippen molar-refractivity contribution < 1.29 is 19.0 Å². The maximum absolute atomic E-state index is 13.4. The summed E-state index contributed by atoms with van der Waals surface area (Å²) in [7, 11) is 0. The Hall–Kier alpha value is -3.71. The van der Waals surface area contributed by atoms with E-state index in [0.717, 1.165) is 33.3 Å². The van der Waals surface area contributed by atoms with Crippen LogP contribution in [0.4, 0.5) is 4.39 Å². The molecule has 188 valence electrons. The second-order valence-corrected chi connectivity index (χ2v) is 9.96. The first-order valence-corrected chi connectivity index (χ1v) is 12.0. The molecule has 7 heteroatoms. The Balaban J connectivity index is 1.67. The van der Waals surface area contributed by atoms with Gasteiger partial charge in [0.25, 0.3) is 0 Å². The number of aliphatic hydroxyl groups is 1. The molecule has 0 unspecified atom stereocenters. The quantitative estimate of drug-likeness (QED) is 0.346. The number of nitrogens with one attached hydrogen (secondary N) is 1. The molecule has 2 N–H and O–H groups in total. The Bertz CT molecular complexity index is 1380. The number of amides is 1. The van der Waals surface area contributed by atoms with Crippen molar-refractivity contribution in [1.29, 1.82) is 0 Å². The molecular weight excluding hydrogens is 457 g/mol. The van der Waals surface area contributed by atoms with Crippen molar-refractivity contribution in [3.05, 3.63) is 89.4 Å². The molecule has 0 aliphatic carbocycles. The van der Waals surface area contributed by atoms with Gasteiger partial charge >= 0.3 is 0 Å². The highest BCUT2D eigenvalue weighted by Gasteiger charge is 2.31. The minimum absolute atomic E-state index is 0.243. The monoisotopic (exact) mass is 489 g/mol. The van der Waals surface area contributed by atoms with Gasteiger partial charge in [-0.1, -0.05) is 23.8 Å². The van der Waals surface area contributed by atoms with Crippen molar-refractivity contribution in [3.8, 4) is 11.4 Å². The number of hydrogen-bond acceptors (Lipinski definition) is 4. The molecule has 6 nitrogen and oxygen atoms in total. The van der Waals surface area contributed by atoms with E-state index in [-0.39, 0.29) is 24.4 Å². The van der Waals surface area contributed by atoms with Crippen molar-refractivity contribution in [3.63, 3.8) is 0 Å². The number of halogens is 1. The van der Waals surface area contributed by atoms with E-state index in [1.165, 1.54) is 12.1 Å². The lowest BCUT2D eigenvalue weighted by Crippen LogP contribution is -2.46. The predicted molar refractivity (Wildman–Crippen MR) is 139 cm³/mol. The van der Waals surface area contributed by atoms with Gasteiger partial charge in [-0.25, -0.2) is 9.07 Å². The summed E-state index contributed by atoms with van der Waals surface area (Å²) in [6.45, 7) is 9.10. The predicted octanol–water partition coefficient (Wildman–Crippen LogP) is 5.42. The van der Waals surface area contributed by atoms with E-state index >= 15 is 0 Å². The van der Waals surface area contributed by atoms with Crippen molar-refractivity contribution in [2.24, 2.45) is 5.41 Å². The van der Waals surface area contributed by atoms with Crippen LogP contribution in [0.1, 0.15) is 43.6 Å². The third-order valence-corrected chi connectivity index (χ3v) is 6.44. The maximum atomic E-state index is 13.4. The molecule has 2 atom stereocenters. The molecule has 4 rings (SSSR count). The van der Waals surface area contributed by atoms with Crippen LogP contribution in [0.3, 0.4) is 0 Å². The Kier molecular flexibility index (Phi) is 7.13. The van der Waals surface area contributed by atoms with E-state index in [2.05, 4.69) is 16.5 Å². The number of aliphatic hydroxyl groups excluding tert-OH is 1. The van der Waals surface area contributed by atoms with Gasteiger partial charge in [0, 0.05) is 5.39 Å². The Morgan fingerprint density at radius 3 is 2.53 bits per heavy atom. The molecule has 3 aromatic carbocycles. The molecule has 0 saturated heterocycles. The number of rotatable bonds is 8. The zero-order valence-corrected chi connectivity index (χ0v) is 21.2. The van der Waals surface area contributed by atoms with Crippen LogP contribution in [0.15, 0.2) is 66.9 Å². The summed E-state index contributed by atoms with van der Waals surface area (Å²) < 4.78 is 21.6. The average molecular weight is 490 g/mol. The van der Waals surface area contributed by atoms with Crippen molar-refractivity contribution in [1.82, 2.24) is 15.1 Å². The summed E-state index contributed by atoms with van der Waals surface area (Å²) in [6, 6.07) is 17.7. The van der Waals surface area contributed by atoms with Crippen LogP contribution in [0.2, 0.25) is 0 Å². The van der Waals surface area contributed by atoms with Crippen molar-refractivity contribution >= 4 is 16.8 Å². The molecule has 1 amide bonds. The Morgan fingerprint density at radius 2 is 1.83 bits per heavy atom. The summed E-state index contributed by atoms with van der Waals surface area (Å²) in [5.74, 6) is 0.0916. The highest BCUT2D eigenvalue weighted by molar-refractivity contribution is 5.82. The number of hydrogen-bond donors (Lipinski definition) is 2. The number of aromatic nitrogens is 2. The fourth-order valence-corrected chi connectivity index (χ4v) is 4.07. The third-order valence-electron chi connectivity index (χ3n) is 6.44. The molecular formula is C29H32FN3O3. The number of carbonyl (C=O) groups is 1. The minimum atomic E-state index is -0.908. The molecule has 4 aromatic rings. The Labute approximate surface area is 210 Å². The maximum Gasteiger partial charge on any atom is 0.228 e. The summed E-state index contributed by atoms with van der Waals surface area (Å²) in [6.07, 6.45) is 1.28. The highest BCUT2D eigenvalue weighted by Crippen LogP contribution is 2.31. The van der Waals surface area contributed by atoms with Gasteiger partial charge in [-0.05, 0) is 88.2 Å². The van der Waals surface area contributed by atoms with Crippen LogP contribution in [-0.4, -0.2) is 33.4 Å². The summed E-state index contributed by atoms with van der Waals surface area (Å²) >= 11 is 0. The first-order chi connectivity index (χ1) is 17.1. The zero-order chi connectivity index (χ0) is 26.0. The summed E-state index contributed by atoms with van der Waals surface area (Å²) in [4.78, 5) is 12.8. The molecule has 0 fully saturated rings. The molecule has 0 aliphatic heterocycles. The molecule has 0 aliphatic rings. The number of fused-ring (bicyclic) bond motifs is 1. The van der Waals surface area contributed by atoms with Gasteiger partial charge in [-0.15, -0.1) is 0 Å². The van der Waals surface area contributed by atoms with E-state index in [4.69, 9.17) is 4.74 Å². The SMILES string of the molecule is Cc1ccc(C)c([C@@H](Oc2ccc3c(cnn3-c3ccc(F)cc3)c2)[C@H](C)NC(=O)C(C)(C)CO)c1. The molecule has 0 spiro atoms. The first-order valence-electron chi connectivity index (χ1n) is 12.0. The van der Waals surface area contributed by atoms with E-state index in [1.54, 1.807) is 36.9 Å². The van der Waals surface area contributed by atoms with Crippen LogP contribution >= 0.6 is 0 Å². The Morgan fingerprint density at radius 1 is 1.11 bits per heavy atom. The van der Waals surface area contributed by atoms with Crippen LogP contribution in [0.5, 0.6) is 5.75 Å². The largest absolute Gasteiger partial charge is 0.484 e. The summed E-state index contributed by atoms with van der Waals surface area (Å²) in [5.41, 5.74) is 3.84. The third kappa shape index (κ3) is 5.26. The van der Waals surface area contributed by atoms with Crippen LogP contribution in [-0.2, 0) is 4.79 Å². The molecule has 36 heavy (non-hydrogen) atoms. The highest BCUT2D eigenvalue weighted by atomic mass is 19.1. The molecule has 0 saturated carbocycles. The lowest BCUT2D eigenvalue weighted by molar-refractivity contribution is -0.132. The standard InChI is InChI=1S/C29H32FN3O3/c1-18-6-7-19(2)25(14-18)27(20(3)32-28(35)29(4,5)17-34)36-24-12-13-26-21(15-24)16-31-33(26)23-10-8-22(30)9-11-23/h6-16,20,27,34H,17H2,1-5H3,(H,32,35)/t20-,27-/m0/s1. The number of carbonyl (C=O) groups excluding carboxylic acids is 1. The van der Waals surface area contributed by atoms with Crippen LogP contribution in [0, 0.1) is 25.1 Å². The lowest BCUT2D eigenvalue weighted by atomic mass is 9.91. The average Bonchev–Trinajstić information content (AvgIpc) is 3.27. The molecule has 1 aromatic heterocycles. The van der Waals surface area contributed by atoms with E-state index in [1.807, 2.05) is 51.1 Å². The van der Waals surface area contributed by atoms with Gasteiger partial charge in [-0.2, -0.15) is 5.10 Å². The molecule has 1 heterocycles. The minimum Gasteiger partial charge on any atom is -0.484 e. The number of ether oxygens (including phenoxy) is 1. The fraction of sp³-hybridized carbons (Fsp3) is 0.310. The second kappa shape index (κ2) is 10.1. The normalized spacial score (nSPS) is 13.4. The second-order valence-electron chi connectivity index (χ2n) is 9.96. The van der Waals surface area contributed by atoms with Gasteiger partial charge in [-0.3, -0.25) is 4.79 Å². The van der Waals surface area contributed by atoms with Gasteiger partial charge in [0.15, 0.2) is 0 Å². The number of aryl methyl sites for hydroxylation is 2. The van der Waals surface area contributed by atoms with Crippen molar-refractivity contribution in [2.75, 3.05) is 6.61 Å². The topological polar surface area (TPSA) is 76.4 Å². The van der Waals surface area contributed by atoms with E-state index in [9.17, 15) is 14.3 Å². The fourth-order valence-electron chi connectivity index (χ4n) is 4.07. The number of benzene rings is 3. The summed E-state index contributed by atoms with van der Waals surface area (Å²) in [5, 5.41) is 18.0. The molecule has 0 radical (unpaired) electrons. The van der Waals surface area contributed by atoms with Gasteiger partial charge in [0.05, 0.1) is 35.5 Å². The van der Waals surface area contributed by atoms with E-state index < -0.39 is 11.5 Å². The van der Waals surface area contributed by atoms with Gasteiger partial charge < -0.3 is 15.2 Å². The van der Waals surface area contributed by atoms with Crippen molar-refractivity contribution in [2.45, 2.75) is 46.8 Å². The zero-order valence-electron chi connectivity index (χ0n) is 21.2. The van der Waals surface area contributed by atoms with Crippen LogP contribution < -0.4 is 10.1 Å². The smallest absolute Gasteiger partial charge is 0.228 e. The van der Waals surface area contributed by atoms with Crippen LogP contribution in [0.25, 0.3) is 16.6 Å². The number of nitrogens with zero attached hydrogens (tertiary/aromatic N) is 2. The van der Waals surface area contributed by atoms with E-state index in [0.29, 0.717) is 5.75 Å². The molecule has 0 bridgehead atoms. The van der Waals surface area contributed by atoms with Gasteiger partial charge in [0.1, 0.15) is 17.7 Å². The lowest BCUT2D eigenvalue weighted by Gasteiger charge is -2.30. The van der Waals surface area contributed by atoms with Gasteiger partial charge in [0.2, 0.25) is 5.91 Å².